The highest BCUT2D eigenvalue weighted by Crippen LogP contribution is 2.29. The highest BCUT2D eigenvalue weighted by Gasteiger charge is 2.21. The van der Waals surface area contributed by atoms with E-state index in [0.717, 1.165) is 41.5 Å². The van der Waals surface area contributed by atoms with Gasteiger partial charge in [0.15, 0.2) is 0 Å². The van der Waals surface area contributed by atoms with E-state index in [1.165, 1.54) is 12.8 Å². The standard InChI is InChI=1S/C21H30O3S/c1-4-18-14-15-19-12-8-9-13-20(19)21(18)25(22,23)24-16-10-6-5-7-11-17(2)3/h8-9,12-15,17H,4-7,10-11,16H2,1-3H3. The molecular formula is C21H30O3S. The van der Waals surface area contributed by atoms with E-state index in [1.54, 1.807) is 0 Å². The third-order valence-corrected chi connectivity index (χ3v) is 5.97. The normalized spacial score (nSPS) is 12.2. The van der Waals surface area contributed by atoms with Crippen molar-refractivity contribution in [3.63, 3.8) is 0 Å². The molecule has 0 aliphatic heterocycles. The van der Waals surface area contributed by atoms with Crippen LogP contribution in [0.2, 0.25) is 0 Å². The molecule has 0 unspecified atom stereocenters. The second-order valence-corrected chi connectivity index (χ2v) is 8.55. The Labute approximate surface area is 152 Å². The van der Waals surface area contributed by atoms with Crippen LogP contribution >= 0.6 is 0 Å². The van der Waals surface area contributed by atoms with Gasteiger partial charge in [0.1, 0.15) is 4.90 Å². The van der Waals surface area contributed by atoms with Crippen molar-refractivity contribution in [1.82, 2.24) is 0 Å². The lowest BCUT2D eigenvalue weighted by Crippen LogP contribution is -2.11. The van der Waals surface area contributed by atoms with Gasteiger partial charge in [-0.1, -0.05) is 82.9 Å². The molecule has 0 spiro atoms. The second kappa shape index (κ2) is 9.35. The lowest BCUT2D eigenvalue weighted by molar-refractivity contribution is 0.306. The van der Waals surface area contributed by atoms with Gasteiger partial charge in [-0.2, -0.15) is 8.42 Å². The van der Waals surface area contributed by atoms with E-state index in [9.17, 15) is 8.42 Å². The quantitative estimate of drug-likeness (QED) is 0.401. The van der Waals surface area contributed by atoms with Crippen molar-refractivity contribution in [1.29, 1.82) is 0 Å². The van der Waals surface area contributed by atoms with E-state index < -0.39 is 10.1 Å². The summed E-state index contributed by atoms with van der Waals surface area (Å²) in [5, 5.41) is 1.68. The van der Waals surface area contributed by atoms with Crippen LogP contribution in [0.1, 0.15) is 58.4 Å². The third-order valence-electron chi connectivity index (χ3n) is 4.51. The molecule has 25 heavy (non-hydrogen) atoms. The second-order valence-electron chi connectivity index (χ2n) is 7.00. The van der Waals surface area contributed by atoms with Gasteiger partial charge in [-0.05, 0) is 29.7 Å². The van der Waals surface area contributed by atoms with Gasteiger partial charge in [0.25, 0.3) is 10.1 Å². The summed E-state index contributed by atoms with van der Waals surface area (Å²) in [4.78, 5) is 0.341. The lowest BCUT2D eigenvalue weighted by Gasteiger charge is -2.13. The first-order valence-electron chi connectivity index (χ1n) is 9.35. The zero-order valence-corrected chi connectivity index (χ0v) is 16.4. The topological polar surface area (TPSA) is 43.4 Å². The van der Waals surface area contributed by atoms with E-state index in [-0.39, 0.29) is 6.61 Å². The molecule has 138 valence electrons. The molecule has 0 atom stereocenters. The van der Waals surface area contributed by atoms with Crippen LogP contribution in [-0.4, -0.2) is 15.0 Å². The Kier molecular flexibility index (Phi) is 7.45. The molecule has 4 heteroatoms. The lowest BCUT2D eigenvalue weighted by atomic mass is 10.0. The van der Waals surface area contributed by atoms with Crippen molar-refractivity contribution in [2.75, 3.05) is 6.61 Å². The summed E-state index contributed by atoms with van der Waals surface area (Å²) in [6, 6.07) is 11.4. The molecule has 2 aromatic rings. The summed E-state index contributed by atoms with van der Waals surface area (Å²) in [6.07, 6.45) is 6.03. The van der Waals surface area contributed by atoms with E-state index in [1.807, 2.05) is 43.3 Å². The Hall–Kier alpha value is -1.39. The van der Waals surface area contributed by atoms with Gasteiger partial charge in [0.05, 0.1) is 6.61 Å². The van der Waals surface area contributed by atoms with E-state index in [0.29, 0.717) is 11.3 Å². The minimum absolute atomic E-state index is 0.260. The Balaban J connectivity index is 2.03. The molecule has 0 fully saturated rings. The van der Waals surface area contributed by atoms with Crippen molar-refractivity contribution in [3.8, 4) is 0 Å². The van der Waals surface area contributed by atoms with E-state index in [2.05, 4.69) is 13.8 Å². The predicted molar refractivity (Wildman–Crippen MR) is 104 cm³/mol. The molecule has 0 saturated carbocycles. The predicted octanol–water partition coefficient (Wildman–Crippen LogP) is 5.71. The fourth-order valence-corrected chi connectivity index (χ4v) is 4.54. The number of unbranched alkanes of at least 4 members (excludes halogenated alkanes) is 3. The van der Waals surface area contributed by atoms with Crippen LogP contribution in [0.25, 0.3) is 10.8 Å². The molecule has 0 saturated heterocycles. The molecule has 0 aromatic heterocycles. The number of hydrogen-bond donors (Lipinski definition) is 0. The molecule has 0 N–H and O–H groups in total. The molecule has 0 aliphatic rings. The summed E-state index contributed by atoms with van der Waals surface area (Å²) in [7, 11) is -3.74. The van der Waals surface area contributed by atoms with Crippen LogP contribution in [0, 0.1) is 5.92 Å². The Morgan fingerprint density at radius 1 is 0.960 bits per heavy atom. The highest BCUT2D eigenvalue weighted by molar-refractivity contribution is 7.87. The van der Waals surface area contributed by atoms with Gasteiger partial charge in [-0.3, -0.25) is 4.18 Å². The van der Waals surface area contributed by atoms with Gasteiger partial charge < -0.3 is 0 Å². The van der Waals surface area contributed by atoms with Crippen LogP contribution in [0.4, 0.5) is 0 Å². The molecule has 0 heterocycles. The molecule has 3 nitrogen and oxygen atoms in total. The number of hydrogen-bond acceptors (Lipinski definition) is 3. The van der Waals surface area contributed by atoms with Gasteiger partial charge in [-0.15, -0.1) is 0 Å². The molecule has 2 rings (SSSR count). The molecular weight excluding hydrogens is 332 g/mol. The Morgan fingerprint density at radius 2 is 1.68 bits per heavy atom. The van der Waals surface area contributed by atoms with Crippen LogP contribution in [-0.2, 0) is 20.7 Å². The zero-order valence-electron chi connectivity index (χ0n) is 15.6. The van der Waals surface area contributed by atoms with E-state index in [4.69, 9.17) is 4.18 Å². The van der Waals surface area contributed by atoms with Gasteiger partial charge >= 0.3 is 0 Å². The Bertz CT molecular complexity index is 779. The molecule has 0 aliphatic carbocycles. The number of rotatable bonds is 10. The van der Waals surface area contributed by atoms with Crippen LogP contribution in [0.5, 0.6) is 0 Å². The number of benzene rings is 2. The van der Waals surface area contributed by atoms with Crippen LogP contribution in [0.3, 0.4) is 0 Å². The van der Waals surface area contributed by atoms with Crippen LogP contribution in [0.15, 0.2) is 41.3 Å². The van der Waals surface area contributed by atoms with Gasteiger partial charge in [0, 0.05) is 5.39 Å². The molecule has 0 amide bonds. The molecule has 0 radical (unpaired) electrons. The monoisotopic (exact) mass is 362 g/mol. The maximum Gasteiger partial charge on any atom is 0.297 e. The largest absolute Gasteiger partial charge is 0.297 e. The molecule has 2 aromatic carbocycles. The summed E-state index contributed by atoms with van der Waals surface area (Å²) < 4.78 is 30.9. The first-order chi connectivity index (χ1) is 12.0. The number of aryl methyl sites for hydroxylation is 1. The SMILES string of the molecule is CCc1ccc2ccccc2c1S(=O)(=O)OCCCCCCC(C)C. The van der Waals surface area contributed by atoms with Crippen molar-refractivity contribution in [3.05, 3.63) is 42.0 Å². The smallest absolute Gasteiger partial charge is 0.266 e. The van der Waals surface area contributed by atoms with E-state index >= 15 is 0 Å². The van der Waals surface area contributed by atoms with Crippen molar-refractivity contribution < 1.29 is 12.6 Å². The fraction of sp³-hybridized carbons (Fsp3) is 0.524. The fourth-order valence-electron chi connectivity index (χ4n) is 3.10. The Morgan fingerprint density at radius 3 is 2.40 bits per heavy atom. The maximum atomic E-state index is 12.8. The van der Waals surface area contributed by atoms with Crippen molar-refractivity contribution in [2.24, 2.45) is 5.92 Å². The minimum atomic E-state index is -3.74. The molecule has 0 bridgehead atoms. The highest BCUT2D eigenvalue weighted by atomic mass is 32.2. The summed E-state index contributed by atoms with van der Waals surface area (Å²) in [5.74, 6) is 0.732. The summed E-state index contributed by atoms with van der Waals surface area (Å²) in [5.41, 5.74) is 0.815. The zero-order chi connectivity index (χ0) is 18.3. The van der Waals surface area contributed by atoms with Crippen molar-refractivity contribution >= 4 is 20.9 Å². The summed E-state index contributed by atoms with van der Waals surface area (Å²) in [6.45, 7) is 6.69. The summed E-state index contributed by atoms with van der Waals surface area (Å²) >= 11 is 0. The average molecular weight is 363 g/mol. The third kappa shape index (κ3) is 5.55. The van der Waals surface area contributed by atoms with Crippen LogP contribution < -0.4 is 0 Å². The first kappa shape index (κ1) is 19.9. The average Bonchev–Trinajstić information content (AvgIpc) is 2.59. The minimum Gasteiger partial charge on any atom is -0.266 e. The van der Waals surface area contributed by atoms with Gasteiger partial charge in [0.2, 0.25) is 0 Å². The maximum absolute atomic E-state index is 12.8. The van der Waals surface area contributed by atoms with Gasteiger partial charge in [-0.25, -0.2) is 0 Å². The van der Waals surface area contributed by atoms with Crippen molar-refractivity contribution in [2.45, 2.75) is 64.2 Å². The number of fused-ring (bicyclic) bond motifs is 1. The first-order valence-corrected chi connectivity index (χ1v) is 10.8.